The van der Waals surface area contributed by atoms with Crippen LogP contribution >= 0.6 is 11.6 Å². The lowest BCUT2D eigenvalue weighted by molar-refractivity contribution is -0.123. The van der Waals surface area contributed by atoms with E-state index in [1.807, 2.05) is 31.2 Å². The Morgan fingerprint density at radius 1 is 1.37 bits per heavy atom. The van der Waals surface area contributed by atoms with Crippen molar-refractivity contribution in [1.29, 1.82) is 0 Å². The van der Waals surface area contributed by atoms with E-state index in [-0.39, 0.29) is 11.3 Å². The average Bonchev–Trinajstić information content (AvgIpc) is 3.38. The zero-order valence-electron chi connectivity index (χ0n) is 15.8. The molecule has 2 fully saturated rings. The zero-order valence-corrected chi connectivity index (χ0v) is 16.6. The van der Waals surface area contributed by atoms with E-state index in [9.17, 15) is 4.79 Å². The number of benzene rings is 1. The Morgan fingerprint density at radius 3 is 2.81 bits per heavy atom. The van der Waals surface area contributed by atoms with Crippen molar-refractivity contribution in [2.75, 3.05) is 19.6 Å². The fraction of sp³-hybridized carbons (Fsp3) is 0.524. The van der Waals surface area contributed by atoms with Gasteiger partial charge in [-0.3, -0.25) is 14.8 Å². The van der Waals surface area contributed by atoms with Gasteiger partial charge in [0, 0.05) is 30.4 Å². The number of aryl methyl sites for hydroxylation is 1. The minimum atomic E-state index is -0.328. The maximum Gasteiger partial charge on any atom is 0.230 e. The highest BCUT2D eigenvalue weighted by atomic mass is 35.5. The molecule has 1 aliphatic heterocycles. The van der Waals surface area contributed by atoms with Crippen molar-refractivity contribution in [3.05, 3.63) is 52.3 Å². The third kappa shape index (κ3) is 4.19. The highest BCUT2D eigenvalue weighted by Crippen LogP contribution is 2.48. The van der Waals surface area contributed by atoms with Gasteiger partial charge in [0.15, 0.2) is 0 Å². The fourth-order valence-corrected chi connectivity index (χ4v) is 4.32. The summed E-state index contributed by atoms with van der Waals surface area (Å²) in [6.07, 6.45) is 4.20. The Bertz CT molecular complexity index is 797. The second kappa shape index (κ2) is 7.64. The molecule has 4 rings (SSSR count). The molecule has 1 unspecified atom stereocenters. The monoisotopic (exact) mass is 386 g/mol. The lowest BCUT2D eigenvalue weighted by atomic mass is 9.93. The van der Waals surface area contributed by atoms with Gasteiger partial charge in [-0.05, 0) is 68.8 Å². The normalized spacial score (nSPS) is 21.8. The molecule has 1 aromatic carbocycles. The molecule has 0 bridgehead atoms. The van der Waals surface area contributed by atoms with Crippen molar-refractivity contribution in [1.82, 2.24) is 20.4 Å². The molecular formula is C21H27ClN4O. The number of nitrogens with one attached hydrogen (secondary N) is 2. The summed E-state index contributed by atoms with van der Waals surface area (Å²) < 4.78 is 0. The lowest BCUT2D eigenvalue weighted by Gasteiger charge is -2.32. The van der Waals surface area contributed by atoms with Gasteiger partial charge in [-0.15, -0.1) is 0 Å². The third-order valence-electron chi connectivity index (χ3n) is 5.88. The van der Waals surface area contributed by atoms with Gasteiger partial charge in [0.2, 0.25) is 5.91 Å². The molecule has 0 spiro atoms. The van der Waals surface area contributed by atoms with E-state index in [1.54, 1.807) is 0 Å². The minimum absolute atomic E-state index is 0.171. The SMILES string of the molecule is Cc1cc(CN2CCCC(CNC(=O)C3(c4ccc(Cl)cc4)CC3)C2)n[nH]1. The topological polar surface area (TPSA) is 61.0 Å². The van der Waals surface area contributed by atoms with Crippen LogP contribution in [0.1, 0.15) is 42.6 Å². The van der Waals surface area contributed by atoms with Crippen LogP contribution in [0.15, 0.2) is 30.3 Å². The van der Waals surface area contributed by atoms with Gasteiger partial charge in [-0.2, -0.15) is 5.10 Å². The van der Waals surface area contributed by atoms with Crippen LogP contribution in [0.5, 0.6) is 0 Å². The molecule has 1 amide bonds. The number of nitrogens with zero attached hydrogens (tertiary/aromatic N) is 2. The van der Waals surface area contributed by atoms with E-state index >= 15 is 0 Å². The van der Waals surface area contributed by atoms with E-state index in [0.29, 0.717) is 10.9 Å². The van der Waals surface area contributed by atoms with Gasteiger partial charge in [-0.1, -0.05) is 23.7 Å². The zero-order chi connectivity index (χ0) is 18.9. The molecule has 0 radical (unpaired) electrons. The van der Waals surface area contributed by atoms with Gasteiger partial charge in [0.1, 0.15) is 0 Å². The number of likely N-dealkylation sites (tertiary alicyclic amines) is 1. The molecule has 1 aromatic heterocycles. The van der Waals surface area contributed by atoms with Crippen molar-refractivity contribution in [3.63, 3.8) is 0 Å². The highest BCUT2D eigenvalue weighted by molar-refractivity contribution is 6.30. The molecule has 1 saturated carbocycles. The number of carbonyl (C=O) groups is 1. The quantitative estimate of drug-likeness (QED) is 0.799. The molecule has 2 heterocycles. The van der Waals surface area contributed by atoms with Gasteiger partial charge in [0.25, 0.3) is 0 Å². The van der Waals surface area contributed by atoms with Crippen LogP contribution in [0.25, 0.3) is 0 Å². The van der Waals surface area contributed by atoms with Gasteiger partial charge >= 0.3 is 0 Å². The molecular weight excluding hydrogens is 360 g/mol. The second-order valence-electron chi connectivity index (χ2n) is 8.08. The number of H-pyrrole nitrogens is 1. The van der Waals surface area contributed by atoms with Crippen LogP contribution in [0.3, 0.4) is 0 Å². The van der Waals surface area contributed by atoms with Gasteiger partial charge in [-0.25, -0.2) is 0 Å². The first kappa shape index (κ1) is 18.5. The van der Waals surface area contributed by atoms with E-state index < -0.39 is 0 Å². The number of aromatic nitrogens is 2. The maximum atomic E-state index is 12.9. The van der Waals surface area contributed by atoms with Crippen molar-refractivity contribution in [2.45, 2.75) is 44.6 Å². The molecule has 144 valence electrons. The largest absolute Gasteiger partial charge is 0.355 e. The summed E-state index contributed by atoms with van der Waals surface area (Å²) in [6.45, 7) is 5.78. The van der Waals surface area contributed by atoms with E-state index in [1.165, 1.54) is 12.8 Å². The Hall–Kier alpha value is -1.85. The Labute approximate surface area is 165 Å². The van der Waals surface area contributed by atoms with Crippen LogP contribution in [0, 0.1) is 12.8 Å². The first-order valence-electron chi connectivity index (χ1n) is 9.83. The summed E-state index contributed by atoms with van der Waals surface area (Å²) in [7, 11) is 0. The first-order valence-corrected chi connectivity index (χ1v) is 10.2. The number of hydrogen-bond acceptors (Lipinski definition) is 3. The standard InChI is InChI=1S/C21H27ClN4O/c1-15-11-19(25-24-15)14-26-10-2-3-16(13-26)12-23-20(27)21(8-9-21)17-4-6-18(22)7-5-17/h4-7,11,16H,2-3,8-10,12-14H2,1H3,(H,23,27)(H,24,25). The Kier molecular flexibility index (Phi) is 5.24. The fourth-order valence-electron chi connectivity index (χ4n) is 4.19. The molecule has 1 saturated heterocycles. The minimum Gasteiger partial charge on any atom is -0.355 e. The number of piperidine rings is 1. The summed E-state index contributed by atoms with van der Waals surface area (Å²) in [5.74, 6) is 0.675. The van der Waals surface area contributed by atoms with Crippen LogP contribution in [0.4, 0.5) is 0 Å². The molecule has 2 N–H and O–H groups in total. The molecule has 2 aliphatic rings. The predicted molar refractivity (Wildman–Crippen MR) is 107 cm³/mol. The summed E-state index contributed by atoms with van der Waals surface area (Å²) in [5, 5.41) is 11.3. The maximum absolute atomic E-state index is 12.9. The molecule has 27 heavy (non-hydrogen) atoms. The number of hydrogen-bond donors (Lipinski definition) is 2. The number of carbonyl (C=O) groups excluding carboxylic acids is 1. The number of amides is 1. The van der Waals surface area contributed by atoms with E-state index in [2.05, 4.69) is 26.5 Å². The van der Waals surface area contributed by atoms with E-state index in [0.717, 1.165) is 56.0 Å². The van der Waals surface area contributed by atoms with Gasteiger partial charge < -0.3 is 5.32 Å². The Balaban J connectivity index is 1.30. The average molecular weight is 387 g/mol. The molecule has 1 aliphatic carbocycles. The lowest BCUT2D eigenvalue weighted by Crippen LogP contribution is -2.43. The smallest absolute Gasteiger partial charge is 0.230 e. The first-order chi connectivity index (χ1) is 13.0. The van der Waals surface area contributed by atoms with Crippen molar-refractivity contribution >= 4 is 17.5 Å². The van der Waals surface area contributed by atoms with E-state index in [4.69, 9.17) is 11.6 Å². The predicted octanol–water partition coefficient (Wildman–Crippen LogP) is 3.43. The Morgan fingerprint density at radius 2 is 2.15 bits per heavy atom. The van der Waals surface area contributed by atoms with Crippen LogP contribution in [-0.4, -0.2) is 40.6 Å². The summed E-state index contributed by atoms with van der Waals surface area (Å²) in [5.41, 5.74) is 2.95. The number of aromatic amines is 1. The van der Waals surface area contributed by atoms with Crippen LogP contribution < -0.4 is 5.32 Å². The van der Waals surface area contributed by atoms with Crippen molar-refractivity contribution < 1.29 is 4.79 Å². The summed E-state index contributed by atoms with van der Waals surface area (Å²) >= 11 is 5.99. The molecule has 1 atom stereocenters. The molecule has 5 nitrogen and oxygen atoms in total. The summed E-state index contributed by atoms with van der Waals surface area (Å²) in [4.78, 5) is 15.3. The number of halogens is 1. The third-order valence-corrected chi connectivity index (χ3v) is 6.13. The molecule has 2 aromatic rings. The van der Waals surface area contributed by atoms with Crippen molar-refractivity contribution in [2.24, 2.45) is 5.92 Å². The van der Waals surface area contributed by atoms with Crippen LogP contribution in [-0.2, 0) is 16.8 Å². The highest BCUT2D eigenvalue weighted by Gasteiger charge is 2.51. The van der Waals surface area contributed by atoms with Gasteiger partial charge in [0.05, 0.1) is 11.1 Å². The van der Waals surface area contributed by atoms with Crippen LogP contribution in [0.2, 0.25) is 5.02 Å². The second-order valence-corrected chi connectivity index (χ2v) is 8.52. The van der Waals surface area contributed by atoms with Crippen molar-refractivity contribution in [3.8, 4) is 0 Å². The summed E-state index contributed by atoms with van der Waals surface area (Å²) in [6, 6.07) is 9.83. The number of rotatable bonds is 6. The molecule has 6 heteroatoms.